The summed E-state index contributed by atoms with van der Waals surface area (Å²) in [6.07, 6.45) is 0. The number of phenols is 1. The van der Waals surface area contributed by atoms with E-state index in [1.807, 2.05) is 0 Å². The Hall–Kier alpha value is -1.22. The van der Waals surface area contributed by atoms with Crippen LogP contribution in [0.2, 0.25) is 5.02 Å². The molecule has 0 aromatic heterocycles. The van der Waals surface area contributed by atoms with Crippen molar-refractivity contribution in [3.8, 4) is 5.75 Å². The van der Waals surface area contributed by atoms with Crippen molar-refractivity contribution >= 4 is 17.5 Å². The standard InChI is InChI=1S/C9H10ClNO2/c1-2-13-9(11)7-5-6(10)3-4-8(7)12/h3-5,11-12H,2H2,1H3. The predicted molar refractivity (Wildman–Crippen MR) is 51.6 cm³/mol. The molecule has 0 fully saturated rings. The van der Waals surface area contributed by atoms with Crippen molar-refractivity contribution < 1.29 is 9.84 Å². The Morgan fingerprint density at radius 2 is 2.31 bits per heavy atom. The van der Waals surface area contributed by atoms with E-state index in [2.05, 4.69) is 0 Å². The zero-order valence-electron chi connectivity index (χ0n) is 7.17. The number of hydrogen-bond donors (Lipinski definition) is 2. The van der Waals surface area contributed by atoms with E-state index in [4.69, 9.17) is 21.7 Å². The van der Waals surface area contributed by atoms with Crippen molar-refractivity contribution in [2.24, 2.45) is 0 Å². The Morgan fingerprint density at radius 3 is 2.92 bits per heavy atom. The van der Waals surface area contributed by atoms with Gasteiger partial charge in [-0.3, -0.25) is 5.41 Å². The van der Waals surface area contributed by atoms with E-state index in [9.17, 15) is 5.11 Å². The SMILES string of the molecule is CCOC(=N)c1cc(Cl)ccc1O. The average Bonchev–Trinajstić information content (AvgIpc) is 2.09. The molecule has 0 amide bonds. The van der Waals surface area contributed by atoms with Crippen molar-refractivity contribution in [2.75, 3.05) is 6.61 Å². The third-order valence-electron chi connectivity index (χ3n) is 1.49. The van der Waals surface area contributed by atoms with Crippen molar-refractivity contribution in [1.82, 2.24) is 0 Å². The van der Waals surface area contributed by atoms with E-state index in [-0.39, 0.29) is 11.6 Å². The van der Waals surface area contributed by atoms with E-state index in [0.717, 1.165) is 0 Å². The molecule has 70 valence electrons. The third-order valence-corrected chi connectivity index (χ3v) is 1.73. The molecule has 0 aliphatic rings. The van der Waals surface area contributed by atoms with Gasteiger partial charge < -0.3 is 9.84 Å². The molecule has 0 spiro atoms. The number of benzene rings is 1. The number of halogens is 1. The molecule has 2 N–H and O–H groups in total. The van der Waals surface area contributed by atoms with E-state index >= 15 is 0 Å². The molecule has 0 aliphatic carbocycles. The van der Waals surface area contributed by atoms with Crippen molar-refractivity contribution in [2.45, 2.75) is 6.92 Å². The maximum atomic E-state index is 9.35. The molecular formula is C9H10ClNO2. The minimum Gasteiger partial charge on any atom is -0.507 e. The molecule has 1 rings (SSSR count). The van der Waals surface area contributed by atoms with Crippen LogP contribution in [0, 0.1) is 5.41 Å². The first-order valence-electron chi connectivity index (χ1n) is 3.85. The summed E-state index contributed by atoms with van der Waals surface area (Å²) in [5, 5.41) is 17.2. The minimum absolute atomic E-state index is 0.00264. The van der Waals surface area contributed by atoms with Crippen LogP contribution in [0.3, 0.4) is 0 Å². The summed E-state index contributed by atoms with van der Waals surface area (Å²) < 4.78 is 4.93. The summed E-state index contributed by atoms with van der Waals surface area (Å²) >= 11 is 5.70. The number of phenolic OH excluding ortho intramolecular Hbond substituents is 1. The number of ether oxygens (including phenoxy) is 1. The van der Waals surface area contributed by atoms with Gasteiger partial charge in [0, 0.05) is 5.02 Å². The fourth-order valence-corrected chi connectivity index (χ4v) is 1.08. The van der Waals surface area contributed by atoms with Gasteiger partial charge in [0.15, 0.2) is 0 Å². The summed E-state index contributed by atoms with van der Waals surface area (Å²) in [6.45, 7) is 2.17. The van der Waals surface area contributed by atoms with Crippen LogP contribution >= 0.6 is 11.6 Å². The van der Waals surface area contributed by atoms with Gasteiger partial charge in [-0.15, -0.1) is 0 Å². The van der Waals surface area contributed by atoms with Gasteiger partial charge in [-0.25, -0.2) is 0 Å². The number of aromatic hydroxyl groups is 1. The molecular weight excluding hydrogens is 190 g/mol. The maximum Gasteiger partial charge on any atom is 0.217 e. The van der Waals surface area contributed by atoms with Gasteiger partial charge in [0.05, 0.1) is 12.2 Å². The molecule has 0 saturated carbocycles. The summed E-state index contributed by atoms with van der Waals surface area (Å²) in [5.41, 5.74) is 0.314. The van der Waals surface area contributed by atoms with Crippen molar-refractivity contribution in [1.29, 1.82) is 5.41 Å². The molecule has 3 nitrogen and oxygen atoms in total. The Kier molecular flexibility index (Phi) is 3.14. The van der Waals surface area contributed by atoms with Gasteiger partial charge in [0.25, 0.3) is 0 Å². The first kappa shape index (κ1) is 9.86. The highest BCUT2D eigenvalue weighted by Crippen LogP contribution is 2.21. The lowest BCUT2D eigenvalue weighted by Gasteiger charge is -2.06. The quantitative estimate of drug-likeness (QED) is 0.568. The summed E-state index contributed by atoms with van der Waals surface area (Å²) in [6, 6.07) is 4.49. The highest BCUT2D eigenvalue weighted by molar-refractivity contribution is 6.31. The van der Waals surface area contributed by atoms with Crippen LogP contribution in [-0.2, 0) is 4.74 Å². The maximum absolute atomic E-state index is 9.35. The first-order valence-corrected chi connectivity index (χ1v) is 4.23. The van der Waals surface area contributed by atoms with Gasteiger partial charge in [0.2, 0.25) is 5.90 Å². The second-order valence-electron chi connectivity index (χ2n) is 2.42. The fourth-order valence-electron chi connectivity index (χ4n) is 0.912. The summed E-state index contributed by atoms with van der Waals surface area (Å²) in [7, 11) is 0. The van der Waals surface area contributed by atoms with Crippen LogP contribution in [0.1, 0.15) is 12.5 Å². The van der Waals surface area contributed by atoms with Gasteiger partial charge in [-0.1, -0.05) is 11.6 Å². The van der Waals surface area contributed by atoms with E-state index in [1.165, 1.54) is 12.1 Å². The van der Waals surface area contributed by atoms with Crippen LogP contribution in [0.15, 0.2) is 18.2 Å². The van der Waals surface area contributed by atoms with Crippen LogP contribution in [0.4, 0.5) is 0 Å². The molecule has 0 atom stereocenters. The fraction of sp³-hybridized carbons (Fsp3) is 0.222. The highest BCUT2D eigenvalue weighted by atomic mass is 35.5. The summed E-state index contributed by atoms with van der Waals surface area (Å²) in [4.78, 5) is 0. The number of hydrogen-bond acceptors (Lipinski definition) is 3. The predicted octanol–water partition coefficient (Wildman–Crippen LogP) is 2.41. The Bertz CT molecular complexity index is 325. The first-order chi connectivity index (χ1) is 6.15. The second-order valence-corrected chi connectivity index (χ2v) is 2.86. The van der Waals surface area contributed by atoms with E-state index in [0.29, 0.717) is 17.2 Å². The lowest BCUT2D eigenvalue weighted by atomic mass is 10.2. The van der Waals surface area contributed by atoms with Crippen molar-refractivity contribution in [3.63, 3.8) is 0 Å². The van der Waals surface area contributed by atoms with Crippen LogP contribution in [-0.4, -0.2) is 17.6 Å². The molecule has 0 bridgehead atoms. The van der Waals surface area contributed by atoms with Crippen LogP contribution in [0.25, 0.3) is 0 Å². The van der Waals surface area contributed by atoms with Crippen LogP contribution < -0.4 is 0 Å². The molecule has 0 heterocycles. The zero-order chi connectivity index (χ0) is 9.84. The monoisotopic (exact) mass is 199 g/mol. The third kappa shape index (κ3) is 2.36. The normalized spacial score (nSPS) is 9.69. The largest absolute Gasteiger partial charge is 0.507 e. The topological polar surface area (TPSA) is 53.3 Å². The molecule has 13 heavy (non-hydrogen) atoms. The molecule has 0 unspecified atom stereocenters. The Balaban J connectivity index is 2.99. The summed E-state index contributed by atoms with van der Waals surface area (Å²) in [5.74, 6) is -0.0645. The Labute approximate surface area is 81.4 Å². The smallest absolute Gasteiger partial charge is 0.217 e. The molecule has 0 saturated heterocycles. The molecule has 4 heteroatoms. The van der Waals surface area contributed by atoms with Gasteiger partial charge in [-0.05, 0) is 25.1 Å². The van der Waals surface area contributed by atoms with Gasteiger partial charge >= 0.3 is 0 Å². The van der Waals surface area contributed by atoms with Gasteiger partial charge in [-0.2, -0.15) is 0 Å². The molecule has 1 aromatic rings. The number of rotatable bonds is 2. The lowest BCUT2D eigenvalue weighted by Crippen LogP contribution is -2.04. The van der Waals surface area contributed by atoms with E-state index < -0.39 is 0 Å². The van der Waals surface area contributed by atoms with Gasteiger partial charge in [0.1, 0.15) is 5.75 Å². The highest BCUT2D eigenvalue weighted by Gasteiger charge is 2.08. The van der Waals surface area contributed by atoms with Crippen molar-refractivity contribution in [3.05, 3.63) is 28.8 Å². The Morgan fingerprint density at radius 1 is 1.62 bits per heavy atom. The molecule has 0 radical (unpaired) electrons. The molecule has 1 aromatic carbocycles. The average molecular weight is 200 g/mol. The zero-order valence-corrected chi connectivity index (χ0v) is 7.93. The van der Waals surface area contributed by atoms with Crippen LogP contribution in [0.5, 0.6) is 5.75 Å². The number of nitrogens with one attached hydrogen (secondary N) is 1. The van der Waals surface area contributed by atoms with E-state index in [1.54, 1.807) is 13.0 Å². The second kappa shape index (κ2) is 4.14. The lowest BCUT2D eigenvalue weighted by molar-refractivity contribution is 0.324. The minimum atomic E-state index is -0.0671. The molecule has 0 aliphatic heterocycles.